The van der Waals surface area contributed by atoms with Crippen LogP contribution in [0.3, 0.4) is 0 Å². The molecule has 1 amide bonds. The summed E-state index contributed by atoms with van der Waals surface area (Å²) in [6.07, 6.45) is 1.35. The molecule has 11 heteroatoms. The lowest BCUT2D eigenvalue weighted by molar-refractivity contribution is -0.116. The van der Waals surface area contributed by atoms with Gasteiger partial charge in [0.05, 0.1) is 17.4 Å². The third kappa shape index (κ3) is 3.85. The number of thiophene rings is 2. The van der Waals surface area contributed by atoms with Crippen molar-refractivity contribution in [2.75, 3.05) is 5.32 Å². The number of anilines is 1. The fraction of sp³-hybridized carbons (Fsp3) is 0.0476. The van der Waals surface area contributed by atoms with Gasteiger partial charge in [-0.15, -0.1) is 34.0 Å². The largest absolute Gasteiger partial charge is 0.300 e. The topological polar surface area (TPSA) is 76.9 Å². The molecule has 1 N–H and O–H groups in total. The first-order valence-corrected chi connectivity index (χ1v) is 11.8. The summed E-state index contributed by atoms with van der Waals surface area (Å²) in [6.45, 7) is -0.235. The van der Waals surface area contributed by atoms with E-state index in [0.29, 0.717) is 21.5 Å². The number of nitrogens with one attached hydrogen (secondary N) is 1. The van der Waals surface area contributed by atoms with Gasteiger partial charge in [0.15, 0.2) is 16.8 Å². The van der Waals surface area contributed by atoms with Crippen molar-refractivity contribution in [2.24, 2.45) is 0 Å². The van der Waals surface area contributed by atoms with E-state index in [2.05, 4.69) is 15.3 Å². The number of halogens is 2. The van der Waals surface area contributed by atoms with Gasteiger partial charge in [0, 0.05) is 26.8 Å². The lowest BCUT2D eigenvalue weighted by Crippen LogP contribution is -2.27. The first-order valence-electron chi connectivity index (χ1n) is 9.21. The van der Waals surface area contributed by atoms with Crippen LogP contribution in [0.2, 0.25) is 0 Å². The number of amides is 1. The maximum Gasteiger partial charge on any atom is 0.263 e. The van der Waals surface area contributed by atoms with Crippen molar-refractivity contribution in [3.05, 3.63) is 74.8 Å². The van der Waals surface area contributed by atoms with Gasteiger partial charge in [0.25, 0.3) is 5.56 Å². The molecular weight excluding hydrogens is 474 g/mol. The second-order valence-corrected chi connectivity index (χ2v) is 9.36. The Morgan fingerprint density at radius 3 is 2.75 bits per heavy atom. The number of aromatic nitrogens is 3. The Morgan fingerprint density at radius 2 is 1.97 bits per heavy atom. The molecule has 0 saturated carbocycles. The first-order chi connectivity index (χ1) is 15.5. The third-order valence-electron chi connectivity index (χ3n) is 4.63. The van der Waals surface area contributed by atoms with Gasteiger partial charge >= 0.3 is 0 Å². The Kier molecular flexibility index (Phi) is 5.37. The van der Waals surface area contributed by atoms with Gasteiger partial charge < -0.3 is 5.32 Å². The molecule has 160 valence electrons. The average Bonchev–Trinajstić information content (AvgIpc) is 3.52. The number of thiazole rings is 1. The average molecular weight is 487 g/mol. The second-order valence-electron chi connectivity index (χ2n) is 6.70. The SMILES string of the molecule is O=C(Cn1cnc2scc(-c3cccs3)c2c1=O)Nc1nc(-c2ccc(F)c(F)c2)cs1. The zero-order valence-corrected chi connectivity index (χ0v) is 18.5. The van der Waals surface area contributed by atoms with Crippen LogP contribution >= 0.6 is 34.0 Å². The van der Waals surface area contributed by atoms with Crippen molar-refractivity contribution >= 4 is 55.3 Å². The minimum absolute atomic E-state index is 0.235. The minimum Gasteiger partial charge on any atom is -0.300 e. The standard InChI is InChI=1S/C21H12F2N4O2S3/c22-13-4-3-11(6-14(13)23)15-9-32-21(25-15)26-17(28)7-27-10-24-19-18(20(27)29)12(8-31-19)16-2-1-5-30-16/h1-6,8-10H,7H2,(H,25,26,28). The number of hydrogen-bond donors (Lipinski definition) is 1. The molecular formula is C21H12F2N4O2S3. The molecule has 0 unspecified atom stereocenters. The van der Waals surface area contributed by atoms with Crippen molar-refractivity contribution in [1.29, 1.82) is 0 Å². The zero-order valence-electron chi connectivity index (χ0n) is 16.0. The Hall–Kier alpha value is -3.28. The lowest BCUT2D eigenvalue weighted by Gasteiger charge is -2.06. The van der Waals surface area contributed by atoms with Gasteiger partial charge in [0.2, 0.25) is 5.91 Å². The number of rotatable bonds is 5. The summed E-state index contributed by atoms with van der Waals surface area (Å²) in [5.41, 5.74) is 1.31. The highest BCUT2D eigenvalue weighted by Gasteiger charge is 2.16. The van der Waals surface area contributed by atoms with Crippen molar-refractivity contribution in [3.8, 4) is 21.7 Å². The zero-order chi connectivity index (χ0) is 22.2. The quantitative estimate of drug-likeness (QED) is 0.369. The normalized spacial score (nSPS) is 11.2. The van der Waals surface area contributed by atoms with E-state index in [9.17, 15) is 18.4 Å². The maximum absolute atomic E-state index is 13.5. The predicted octanol–water partition coefficient (Wildman–Crippen LogP) is 5.23. The maximum atomic E-state index is 13.5. The molecule has 0 fully saturated rings. The van der Waals surface area contributed by atoms with Crippen LogP contribution in [0.5, 0.6) is 0 Å². The molecule has 0 bridgehead atoms. The molecule has 1 aromatic carbocycles. The van der Waals surface area contributed by atoms with E-state index in [4.69, 9.17) is 0 Å². The van der Waals surface area contributed by atoms with Crippen LogP contribution in [0.15, 0.2) is 57.6 Å². The molecule has 0 atom stereocenters. The van der Waals surface area contributed by atoms with Gasteiger partial charge in [-0.3, -0.25) is 14.2 Å². The molecule has 5 rings (SSSR count). The molecule has 0 aliphatic rings. The van der Waals surface area contributed by atoms with Crippen LogP contribution in [0.1, 0.15) is 0 Å². The Balaban J connectivity index is 1.36. The summed E-state index contributed by atoms with van der Waals surface area (Å²) in [7, 11) is 0. The van der Waals surface area contributed by atoms with Gasteiger partial charge in [-0.2, -0.15) is 0 Å². The Bertz CT molecular complexity index is 1510. The Labute approximate surface area is 191 Å². The number of fused-ring (bicyclic) bond motifs is 1. The van der Waals surface area contributed by atoms with Crippen LogP contribution in [0.25, 0.3) is 31.9 Å². The third-order valence-corrected chi connectivity index (χ3v) is 7.17. The van der Waals surface area contributed by atoms with E-state index in [1.54, 1.807) is 5.38 Å². The number of benzene rings is 1. The van der Waals surface area contributed by atoms with Crippen LogP contribution in [0.4, 0.5) is 13.9 Å². The van der Waals surface area contributed by atoms with Crippen molar-refractivity contribution in [1.82, 2.24) is 14.5 Å². The first kappa shape index (κ1) is 20.6. The number of hydrogen-bond acceptors (Lipinski definition) is 7. The molecule has 0 spiro atoms. The summed E-state index contributed by atoms with van der Waals surface area (Å²) in [5, 5.41) is 8.86. The molecule has 0 saturated heterocycles. The summed E-state index contributed by atoms with van der Waals surface area (Å²) >= 11 is 4.05. The van der Waals surface area contributed by atoms with E-state index < -0.39 is 17.5 Å². The molecule has 4 aromatic heterocycles. The van der Waals surface area contributed by atoms with E-state index in [1.807, 2.05) is 22.9 Å². The van der Waals surface area contributed by atoms with E-state index in [1.165, 1.54) is 39.6 Å². The van der Waals surface area contributed by atoms with E-state index in [-0.39, 0.29) is 17.2 Å². The molecule has 32 heavy (non-hydrogen) atoms. The number of nitrogens with zero attached hydrogens (tertiary/aromatic N) is 3. The lowest BCUT2D eigenvalue weighted by atomic mass is 10.2. The van der Waals surface area contributed by atoms with Gasteiger partial charge in [-0.25, -0.2) is 18.7 Å². The number of carbonyl (C=O) groups is 1. The fourth-order valence-corrected chi connectivity index (χ4v) is 5.58. The van der Waals surface area contributed by atoms with E-state index >= 15 is 0 Å². The number of carbonyl (C=O) groups excluding carboxylic acids is 1. The molecule has 5 aromatic rings. The van der Waals surface area contributed by atoms with Crippen LogP contribution in [-0.4, -0.2) is 20.4 Å². The van der Waals surface area contributed by atoms with Crippen molar-refractivity contribution < 1.29 is 13.6 Å². The summed E-state index contributed by atoms with van der Waals surface area (Å²) in [5.74, 6) is -2.37. The van der Waals surface area contributed by atoms with Crippen LogP contribution in [0, 0.1) is 11.6 Å². The highest BCUT2D eigenvalue weighted by atomic mass is 32.1. The Morgan fingerprint density at radius 1 is 1.09 bits per heavy atom. The molecule has 0 radical (unpaired) electrons. The van der Waals surface area contributed by atoms with Gasteiger partial charge in [-0.1, -0.05) is 6.07 Å². The molecule has 6 nitrogen and oxygen atoms in total. The van der Waals surface area contributed by atoms with Crippen molar-refractivity contribution in [2.45, 2.75) is 6.54 Å². The highest BCUT2D eigenvalue weighted by Crippen LogP contribution is 2.33. The van der Waals surface area contributed by atoms with Gasteiger partial charge in [-0.05, 0) is 29.6 Å². The highest BCUT2D eigenvalue weighted by molar-refractivity contribution is 7.18. The van der Waals surface area contributed by atoms with Crippen LogP contribution in [-0.2, 0) is 11.3 Å². The fourth-order valence-electron chi connectivity index (χ4n) is 3.13. The monoisotopic (exact) mass is 486 g/mol. The van der Waals surface area contributed by atoms with Gasteiger partial charge in [0.1, 0.15) is 11.4 Å². The summed E-state index contributed by atoms with van der Waals surface area (Å²) in [6, 6.07) is 7.32. The molecule has 0 aliphatic carbocycles. The minimum atomic E-state index is -0.973. The van der Waals surface area contributed by atoms with Crippen LogP contribution < -0.4 is 10.9 Å². The molecule has 0 aliphatic heterocycles. The summed E-state index contributed by atoms with van der Waals surface area (Å²) in [4.78, 5) is 35.7. The van der Waals surface area contributed by atoms with E-state index in [0.717, 1.165) is 33.9 Å². The predicted molar refractivity (Wildman–Crippen MR) is 123 cm³/mol. The second kappa shape index (κ2) is 8.34. The molecule has 4 heterocycles. The van der Waals surface area contributed by atoms with Crippen molar-refractivity contribution in [3.63, 3.8) is 0 Å². The summed E-state index contributed by atoms with van der Waals surface area (Å²) < 4.78 is 27.8. The smallest absolute Gasteiger partial charge is 0.263 e.